The second-order valence-corrected chi connectivity index (χ2v) is 3.85. The van der Waals surface area contributed by atoms with E-state index >= 15 is 0 Å². The summed E-state index contributed by atoms with van der Waals surface area (Å²) in [6.45, 7) is 0. The number of hydrogen-bond acceptors (Lipinski definition) is 0. The Morgan fingerprint density at radius 1 is 0.462 bits per heavy atom. The van der Waals surface area contributed by atoms with Gasteiger partial charge in [0.05, 0.1) is 0 Å². The summed E-state index contributed by atoms with van der Waals surface area (Å²) in [5.41, 5.74) is 0. The van der Waals surface area contributed by atoms with E-state index in [2.05, 4.69) is 12.8 Å². The molecule has 2 aliphatic carbocycles. The van der Waals surface area contributed by atoms with Crippen molar-refractivity contribution >= 4 is 0 Å². The molecule has 0 N–H and O–H groups in total. The van der Waals surface area contributed by atoms with Crippen molar-refractivity contribution in [2.24, 2.45) is 0 Å². The largest absolute Gasteiger partial charge is 3.00 e. The first-order chi connectivity index (χ1) is 6.00. The van der Waals surface area contributed by atoms with Crippen molar-refractivity contribution < 1.29 is 32.7 Å². The molecule has 0 radical (unpaired) electrons. The second-order valence-electron chi connectivity index (χ2n) is 3.85. The Bertz CT molecular complexity index is 48.1. The van der Waals surface area contributed by atoms with E-state index in [1.807, 2.05) is 0 Å². The fraction of sp³-hybridized carbons (Fsp3) is 0.833. The van der Waals surface area contributed by atoms with E-state index in [1.165, 1.54) is 64.2 Å². The standard InChI is InChI=1S/2C6H11.Y/c2*1-2-4-6-5-3-1;/h2*1H,2-6H2;/q2*-1;+3. The maximum Gasteiger partial charge on any atom is 3.00 e. The molecule has 0 aromatic rings. The van der Waals surface area contributed by atoms with Crippen molar-refractivity contribution in [1.82, 2.24) is 0 Å². The molecule has 0 nitrogen and oxygen atoms in total. The monoisotopic (exact) mass is 255 g/mol. The first-order valence-electron chi connectivity index (χ1n) is 5.63. The van der Waals surface area contributed by atoms with Crippen molar-refractivity contribution in [3.8, 4) is 0 Å². The van der Waals surface area contributed by atoms with Gasteiger partial charge >= 0.3 is 32.7 Å². The van der Waals surface area contributed by atoms with Crippen LogP contribution in [0.2, 0.25) is 0 Å². The molecule has 0 spiro atoms. The average Bonchev–Trinajstić information content (AvgIpc) is 2.24. The SMILES string of the molecule is [CH-]1CCCCC1.[CH-]1CCCCC1.[Y+3]. The zero-order valence-electron chi connectivity index (χ0n) is 8.80. The maximum absolute atomic E-state index is 2.39. The quantitative estimate of drug-likeness (QED) is 0.566. The molecule has 0 heterocycles. The molecule has 0 aromatic carbocycles. The molecule has 72 valence electrons. The molecule has 0 aliphatic heterocycles. The summed E-state index contributed by atoms with van der Waals surface area (Å²) in [5, 5.41) is 0. The van der Waals surface area contributed by atoms with Gasteiger partial charge in [-0.05, 0) is 0 Å². The van der Waals surface area contributed by atoms with Crippen LogP contribution in [0, 0.1) is 12.8 Å². The molecule has 0 amide bonds. The third kappa shape index (κ3) is 9.41. The zero-order valence-corrected chi connectivity index (χ0v) is 11.6. The minimum Gasteiger partial charge on any atom is -0.328 e. The predicted octanol–water partition coefficient (Wildman–Crippen LogP) is 4.31. The Morgan fingerprint density at radius 2 is 0.769 bits per heavy atom. The molecule has 13 heavy (non-hydrogen) atoms. The smallest absolute Gasteiger partial charge is 0.328 e. The normalized spacial score (nSPS) is 22.2. The van der Waals surface area contributed by atoms with Crippen molar-refractivity contribution in [1.29, 1.82) is 0 Å². The van der Waals surface area contributed by atoms with Crippen LogP contribution >= 0.6 is 0 Å². The molecule has 1 heteroatoms. The van der Waals surface area contributed by atoms with Gasteiger partial charge in [0.15, 0.2) is 0 Å². The van der Waals surface area contributed by atoms with E-state index in [-0.39, 0.29) is 32.7 Å². The van der Waals surface area contributed by atoms with Crippen LogP contribution in [-0.4, -0.2) is 0 Å². The summed E-state index contributed by atoms with van der Waals surface area (Å²) >= 11 is 0. The van der Waals surface area contributed by atoms with Gasteiger partial charge in [-0.25, -0.2) is 0 Å². The van der Waals surface area contributed by atoms with Crippen LogP contribution in [-0.2, 0) is 32.7 Å². The molecular formula is C12H22Y+. The minimum absolute atomic E-state index is 0. The zero-order chi connectivity index (χ0) is 8.49. The Morgan fingerprint density at radius 3 is 0.846 bits per heavy atom. The van der Waals surface area contributed by atoms with Crippen LogP contribution in [0.4, 0.5) is 0 Å². The van der Waals surface area contributed by atoms with Crippen molar-refractivity contribution in [2.75, 3.05) is 0 Å². The van der Waals surface area contributed by atoms with Crippen LogP contribution in [0.1, 0.15) is 64.2 Å². The third-order valence-electron chi connectivity index (χ3n) is 2.63. The summed E-state index contributed by atoms with van der Waals surface area (Å²) < 4.78 is 0. The Kier molecular flexibility index (Phi) is 12.1. The third-order valence-corrected chi connectivity index (χ3v) is 2.63. The van der Waals surface area contributed by atoms with Gasteiger partial charge < -0.3 is 12.8 Å². The molecule has 2 saturated carbocycles. The van der Waals surface area contributed by atoms with Crippen molar-refractivity contribution in [3.63, 3.8) is 0 Å². The summed E-state index contributed by atoms with van der Waals surface area (Å²) in [5.74, 6) is 0. The van der Waals surface area contributed by atoms with Crippen molar-refractivity contribution in [3.05, 3.63) is 12.8 Å². The molecule has 0 aromatic heterocycles. The minimum atomic E-state index is 0. The second kappa shape index (κ2) is 11.2. The molecule has 0 unspecified atom stereocenters. The maximum atomic E-state index is 2.39. The van der Waals surface area contributed by atoms with E-state index < -0.39 is 0 Å². The van der Waals surface area contributed by atoms with Gasteiger partial charge in [-0.2, -0.15) is 25.7 Å². The van der Waals surface area contributed by atoms with Gasteiger partial charge in [0, 0.05) is 0 Å². The van der Waals surface area contributed by atoms with Crippen LogP contribution in [0.3, 0.4) is 0 Å². The first-order valence-corrected chi connectivity index (χ1v) is 5.63. The fourth-order valence-electron chi connectivity index (χ4n) is 1.80. The van der Waals surface area contributed by atoms with E-state index in [0.717, 1.165) is 0 Å². The van der Waals surface area contributed by atoms with E-state index in [0.29, 0.717) is 0 Å². The van der Waals surface area contributed by atoms with Gasteiger partial charge in [0.2, 0.25) is 0 Å². The Hall–Kier alpha value is 1.10. The van der Waals surface area contributed by atoms with Gasteiger partial charge in [0.25, 0.3) is 0 Å². The molecule has 0 saturated heterocycles. The van der Waals surface area contributed by atoms with Crippen LogP contribution in [0.5, 0.6) is 0 Å². The molecule has 2 rings (SSSR count). The molecular weight excluding hydrogens is 233 g/mol. The van der Waals surface area contributed by atoms with E-state index in [1.54, 1.807) is 0 Å². The van der Waals surface area contributed by atoms with Gasteiger partial charge in [0.1, 0.15) is 0 Å². The average molecular weight is 255 g/mol. The Balaban J connectivity index is 0.000000206. The number of hydrogen-bond donors (Lipinski definition) is 0. The summed E-state index contributed by atoms with van der Waals surface area (Å²) in [4.78, 5) is 0. The van der Waals surface area contributed by atoms with Gasteiger partial charge in [-0.15, -0.1) is 0 Å². The van der Waals surface area contributed by atoms with E-state index in [9.17, 15) is 0 Å². The summed E-state index contributed by atoms with van der Waals surface area (Å²) in [6.07, 6.45) is 19.0. The van der Waals surface area contributed by atoms with Crippen LogP contribution < -0.4 is 0 Å². The predicted molar refractivity (Wildman–Crippen MR) is 54.8 cm³/mol. The van der Waals surface area contributed by atoms with E-state index in [4.69, 9.17) is 0 Å². The van der Waals surface area contributed by atoms with Gasteiger partial charge in [-0.1, -0.05) is 38.5 Å². The summed E-state index contributed by atoms with van der Waals surface area (Å²) in [7, 11) is 0. The van der Waals surface area contributed by atoms with Crippen LogP contribution in [0.15, 0.2) is 0 Å². The van der Waals surface area contributed by atoms with Crippen molar-refractivity contribution in [2.45, 2.75) is 64.2 Å². The van der Waals surface area contributed by atoms with Crippen LogP contribution in [0.25, 0.3) is 0 Å². The topological polar surface area (TPSA) is 0 Å². The molecule has 0 atom stereocenters. The summed E-state index contributed by atoms with van der Waals surface area (Å²) in [6, 6.07) is 0. The molecule has 2 aliphatic rings. The molecule has 0 bridgehead atoms. The number of rotatable bonds is 0. The van der Waals surface area contributed by atoms with Gasteiger partial charge in [-0.3, -0.25) is 0 Å². The fourth-order valence-corrected chi connectivity index (χ4v) is 1.80. The molecule has 2 fully saturated rings. The first kappa shape index (κ1) is 14.1. The Labute approximate surface area is 109 Å².